The Morgan fingerprint density at radius 2 is 1.54 bits per heavy atom. The second-order valence-electron chi connectivity index (χ2n) is 2.57. The average Bonchev–Trinajstić information content (AvgIpc) is 2.12. The molecule has 0 spiro atoms. The van der Waals surface area contributed by atoms with E-state index in [4.69, 9.17) is 0 Å². The van der Waals surface area contributed by atoms with Crippen molar-refractivity contribution >= 4 is 58.6 Å². The van der Waals surface area contributed by atoms with Crippen LogP contribution in [-0.2, 0) is 0 Å². The van der Waals surface area contributed by atoms with Gasteiger partial charge in [0.05, 0.1) is 0 Å². The summed E-state index contributed by atoms with van der Waals surface area (Å²) in [5.74, 6) is 0. The highest BCUT2D eigenvalue weighted by Gasteiger charge is 2.05. The first-order valence-electron chi connectivity index (χ1n) is 3.57. The Balaban J connectivity index is 3.00. The molecule has 0 aliphatic rings. The predicted octanol–water partition coefficient (Wildman–Crippen LogP) is 4.52. The zero-order valence-electron chi connectivity index (χ0n) is 6.39. The fourth-order valence-electron chi connectivity index (χ4n) is 1.18. The number of rotatable bonds is 0. The number of benzene rings is 1. The van der Waals surface area contributed by atoms with Gasteiger partial charge in [0.2, 0.25) is 0 Å². The van der Waals surface area contributed by atoms with Gasteiger partial charge in [-0.05, 0) is 28.1 Å². The van der Waals surface area contributed by atoms with Gasteiger partial charge in [0, 0.05) is 36.6 Å². The van der Waals surface area contributed by atoms with Crippen molar-refractivity contribution in [3.63, 3.8) is 0 Å². The molecule has 13 heavy (non-hydrogen) atoms. The largest absolute Gasteiger partial charge is 0.263 e. The Kier molecular flexibility index (Phi) is 2.72. The molecule has 0 aliphatic heterocycles. The summed E-state index contributed by atoms with van der Waals surface area (Å²) < 4.78 is 3.12. The third kappa shape index (κ3) is 1.67. The van der Waals surface area contributed by atoms with Crippen molar-refractivity contribution < 1.29 is 0 Å². The van der Waals surface area contributed by atoms with Crippen LogP contribution >= 0.6 is 47.8 Å². The standard InChI is InChI=1S/C9H4Br3N/c10-6-1-2-7(11)9-5(6)3-13-4-8(9)12/h1-4H. The summed E-state index contributed by atoms with van der Waals surface area (Å²) in [5.41, 5.74) is 0. The number of fused-ring (bicyclic) bond motifs is 1. The fourth-order valence-corrected chi connectivity index (χ4v) is 2.98. The zero-order chi connectivity index (χ0) is 9.42. The molecule has 2 aromatic rings. The molecule has 1 aromatic carbocycles. The van der Waals surface area contributed by atoms with Crippen LogP contribution in [0.5, 0.6) is 0 Å². The maximum atomic E-state index is 4.12. The van der Waals surface area contributed by atoms with E-state index in [9.17, 15) is 0 Å². The van der Waals surface area contributed by atoms with E-state index in [-0.39, 0.29) is 0 Å². The van der Waals surface area contributed by atoms with Crippen molar-refractivity contribution in [3.05, 3.63) is 37.9 Å². The summed E-state index contributed by atoms with van der Waals surface area (Å²) in [4.78, 5) is 4.12. The molecule has 0 aliphatic carbocycles. The lowest BCUT2D eigenvalue weighted by atomic mass is 10.2. The van der Waals surface area contributed by atoms with Crippen molar-refractivity contribution in [2.75, 3.05) is 0 Å². The maximum Gasteiger partial charge on any atom is 0.0448 e. The van der Waals surface area contributed by atoms with Crippen LogP contribution in [0.4, 0.5) is 0 Å². The molecule has 0 saturated heterocycles. The number of aromatic nitrogens is 1. The first-order chi connectivity index (χ1) is 6.20. The average molecular weight is 366 g/mol. The van der Waals surface area contributed by atoms with E-state index in [0.29, 0.717) is 0 Å². The first-order valence-corrected chi connectivity index (χ1v) is 5.95. The monoisotopic (exact) mass is 363 g/mol. The SMILES string of the molecule is Brc1ccc(Br)c2c(Br)cncc12. The molecule has 0 amide bonds. The van der Waals surface area contributed by atoms with Gasteiger partial charge in [-0.3, -0.25) is 4.98 Å². The second kappa shape index (κ2) is 3.67. The van der Waals surface area contributed by atoms with Crippen molar-refractivity contribution in [2.45, 2.75) is 0 Å². The molecule has 0 bridgehead atoms. The highest BCUT2D eigenvalue weighted by molar-refractivity contribution is 9.11. The molecule has 0 radical (unpaired) electrons. The summed E-state index contributed by atoms with van der Waals surface area (Å²) in [7, 11) is 0. The second-order valence-corrected chi connectivity index (χ2v) is 5.14. The number of nitrogens with zero attached hydrogens (tertiary/aromatic N) is 1. The summed E-state index contributed by atoms with van der Waals surface area (Å²) in [5, 5.41) is 2.24. The van der Waals surface area contributed by atoms with Crippen LogP contribution in [0.15, 0.2) is 37.9 Å². The van der Waals surface area contributed by atoms with E-state index in [1.54, 1.807) is 6.20 Å². The van der Waals surface area contributed by atoms with Crippen LogP contribution < -0.4 is 0 Å². The van der Waals surface area contributed by atoms with Crippen LogP contribution in [0, 0.1) is 0 Å². The van der Waals surface area contributed by atoms with Gasteiger partial charge in [-0.25, -0.2) is 0 Å². The van der Waals surface area contributed by atoms with Crippen molar-refractivity contribution in [1.29, 1.82) is 0 Å². The topological polar surface area (TPSA) is 12.9 Å². The van der Waals surface area contributed by atoms with Crippen LogP contribution in [-0.4, -0.2) is 4.98 Å². The van der Waals surface area contributed by atoms with Crippen LogP contribution in [0.25, 0.3) is 10.8 Å². The minimum atomic E-state index is 0.998. The van der Waals surface area contributed by atoms with Crippen LogP contribution in [0.2, 0.25) is 0 Å². The summed E-state index contributed by atoms with van der Waals surface area (Å²) in [6, 6.07) is 4.01. The zero-order valence-corrected chi connectivity index (χ0v) is 11.1. The van der Waals surface area contributed by atoms with Crippen LogP contribution in [0.1, 0.15) is 0 Å². The van der Waals surface area contributed by atoms with Crippen molar-refractivity contribution in [1.82, 2.24) is 4.98 Å². The molecule has 0 atom stereocenters. The molecule has 1 aromatic heterocycles. The summed E-state index contributed by atoms with van der Waals surface area (Å²) >= 11 is 10.5. The van der Waals surface area contributed by atoms with Gasteiger partial charge < -0.3 is 0 Å². The van der Waals surface area contributed by atoms with Gasteiger partial charge >= 0.3 is 0 Å². The third-order valence-corrected chi connectivity index (χ3v) is 3.73. The molecule has 0 fully saturated rings. The van der Waals surface area contributed by atoms with Gasteiger partial charge in [-0.15, -0.1) is 0 Å². The Bertz CT molecular complexity index is 459. The molecule has 1 heterocycles. The third-order valence-electron chi connectivity index (χ3n) is 1.77. The highest BCUT2D eigenvalue weighted by atomic mass is 79.9. The van der Waals surface area contributed by atoms with E-state index in [1.807, 2.05) is 18.3 Å². The quantitative estimate of drug-likeness (QED) is 0.668. The molecule has 1 nitrogen and oxygen atoms in total. The smallest absolute Gasteiger partial charge is 0.0448 e. The fraction of sp³-hybridized carbons (Fsp3) is 0. The lowest BCUT2D eigenvalue weighted by Gasteiger charge is -2.03. The van der Waals surface area contributed by atoms with E-state index >= 15 is 0 Å². The van der Waals surface area contributed by atoms with E-state index in [0.717, 1.165) is 24.2 Å². The van der Waals surface area contributed by atoms with Gasteiger partial charge in [-0.1, -0.05) is 31.9 Å². The van der Waals surface area contributed by atoms with Crippen LogP contribution in [0.3, 0.4) is 0 Å². The lowest BCUT2D eigenvalue weighted by Crippen LogP contribution is -1.80. The molecule has 0 unspecified atom stereocenters. The highest BCUT2D eigenvalue weighted by Crippen LogP contribution is 2.34. The summed E-state index contributed by atoms with van der Waals surface area (Å²) in [6.45, 7) is 0. The number of pyridine rings is 1. The van der Waals surface area contributed by atoms with Crippen molar-refractivity contribution in [3.8, 4) is 0 Å². The Morgan fingerprint density at radius 3 is 2.23 bits per heavy atom. The van der Waals surface area contributed by atoms with Gasteiger partial charge in [0.15, 0.2) is 0 Å². The molecule has 2 rings (SSSR count). The van der Waals surface area contributed by atoms with E-state index in [1.165, 1.54) is 0 Å². The van der Waals surface area contributed by atoms with E-state index in [2.05, 4.69) is 52.8 Å². The summed E-state index contributed by atoms with van der Waals surface area (Å²) in [6.07, 6.45) is 3.63. The minimum absolute atomic E-state index is 0.998. The number of hydrogen-bond acceptors (Lipinski definition) is 1. The van der Waals surface area contributed by atoms with Gasteiger partial charge in [0.1, 0.15) is 0 Å². The number of halogens is 3. The Labute approximate surface area is 101 Å². The molecule has 66 valence electrons. The van der Waals surface area contributed by atoms with Gasteiger partial charge in [-0.2, -0.15) is 0 Å². The number of hydrogen-bond donors (Lipinski definition) is 0. The maximum absolute atomic E-state index is 4.12. The molecular formula is C9H4Br3N. The van der Waals surface area contributed by atoms with Crippen molar-refractivity contribution in [2.24, 2.45) is 0 Å². The van der Waals surface area contributed by atoms with Gasteiger partial charge in [0.25, 0.3) is 0 Å². The Morgan fingerprint density at radius 1 is 0.846 bits per heavy atom. The molecule has 0 saturated carbocycles. The Hall–Kier alpha value is 0.0700. The minimum Gasteiger partial charge on any atom is -0.263 e. The lowest BCUT2D eigenvalue weighted by molar-refractivity contribution is 1.34. The molecule has 4 heteroatoms. The normalized spacial score (nSPS) is 10.7. The molecular weight excluding hydrogens is 362 g/mol. The van der Waals surface area contributed by atoms with E-state index < -0.39 is 0 Å². The molecule has 0 N–H and O–H groups in total. The first kappa shape index (κ1) is 9.62. The predicted molar refractivity (Wildman–Crippen MR) is 64.8 cm³/mol.